The number of benzene rings is 1. The molecule has 2 heterocycles. The van der Waals surface area contributed by atoms with Gasteiger partial charge in [-0.1, -0.05) is 0 Å². The van der Waals surface area contributed by atoms with Gasteiger partial charge in [0, 0.05) is 25.0 Å². The average molecular weight is 466 g/mol. The number of carbonyl (C=O) groups excluding carboxylic acids is 1. The fourth-order valence-corrected chi connectivity index (χ4v) is 4.02. The predicted molar refractivity (Wildman–Crippen MR) is 108 cm³/mol. The summed E-state index contributed by atoms with van der Waals surface area (Å²) < 4.78 is 45.0. The molecule has 0 radical (unpaired) electrons. The Balaban J connectivity index is 2.09. The Hall–Kier alpha value is -3.79. The number of nitriles is 1. The first-order chi connectivity index (χ1) is 15.6. The molecule has 176 valence electrons. The molecule has 1 fully saturated rings. The zero-order chi connectivity index (χ0) is 24.4. The molecule has 1 aliphatic heterocycles. The van der Waals surface area contributed by atoms with Gasteiger partial charge in [-0.3, -0.25) is 9.48 Å². The van der Waals surface area contributed by atoms with Gasteiger partial charge in [0.1, 0.15) is 11.4 Å². The van der Waals surface area contributed by atoms with E-state index in [9.17, 15) is 29.5 Å². The van der Waals surface area contributed by atoms with E-state index in [1.807, 2.05) is 0 Å². The number of carboxylic acid groups (broad SMARTS) is 1. The summed E-state index contributed by atoms with van der Waals surface area (Å²) in [5.41, 5.74) is 2.99. The number of piperidine rings is 1. The number of rotatable bonds is 7. The second kappa shape index (κ2) is 8.99. The highest BCUT2D eigenvalue weighted by atomic mass is 19.3. The monoisotopic (exact) mass is 466 g/mol. The fraction of sp³-hybridized carbons (Fsp3) is 0.400. The van der Waals surface area contributed by atoms with Crippen molar-refractivity contribution >= 4 is 23.5 Å². The van der Waals surface area contributed by atoms with Gasteiger partial charge in [-0.15, -0.1) is 0 Å². The molecule has 33 heavy (non-hydrogen) atoms. The molecule has 1 aromatic carbocycles. The zero-order valence-electron chi connectivity index (χ0n) is 17.2. The van der Waals surface area contributed by atoms with Gasteiger partial charge in [-0.25, -0.2) is 14.1 Å². The molecule has 1 saturated heterocycles. The Morgan fingerprint density at radius 3 is 2.55 bits per heavy atom. The number of primary amides is 1. The van der Waals surface area contributed by atoms with Crippen LogP contribution in [0.1, 0.15) is 35.7 Å². The van der Waals surface area contributed by atoms with Gasteiger partial charge in [0.05, 0.1) is 12.1 Å². The number of nitrogens with zero attached hydrogens (tertiary/aromatic N) is 4. The highest BCUT2D eigenvalue weighted by Crippen LogP contribution is 2.54. The first-order valence-electron chi connectivity index (χ1n) is 9.89. The third-order valence-corrected chi connectivity index (χ3v) is 5.65. The first kappa shape index (κ1) is 23.9. The molecule has 5 N–H and O–H groups in total. The fourth-order valence-electron chi connectivity index (χ4n) is 4.02. The Morgan fingerprint density at radius 1 is 1.33 bits per heavy atom. The van der Waals surface area contributed by atoms with E-state index in [1.165, 1.54) is 12.1 Å². The molecule has 2 amide bonds. The highest BCUT2D eigenvalue weighted by Gasteiger charge is 2.66. The van der Waals surface area contributed by atoms with Crippen LogP contribution < -0.4 is 11.1 Å². The molecule has 1 aromatic heterocycles. The van der Waals surface area contributed by atoms with Gasteiger partial charge in [0.15, 0.2) is 11.2 Å². The van der Waals surface area contributed by atoms with E-state index in [0.717, 1.165) is 23.0 Å². The Morgan fingerprint density at radius 2 is 2.00 bits per heavy atom. The van der Waals surface area contributed by atoms with Crippen LogP contribution in [0.3, 0.4) is 0 Å². The molecule has 1 aliphatic rings. The number of anilines is 2. The molecule has 0 unspecified atom stereocenters. The maximum atomic E-state index is 15.4. The van der Waals surface area contributed by atoms with Gasteiger partial charge in [0.25, 0.3) is 5.91 Å². The van der Waals surface area contributed by atoms with Crippen LogP contribution in [0.25, 0.3) is 0 Å². The van der Waals surface area contributed by atoms with Crippen LogP contribution in [0.4, 0.5) is 29.5 Å². The van der Waals surface area contributed by atoms with Crippen molar-refractivity contribution in [3.8, 4) is 6.07 Å². The minimum atomic E-state index is -4.12. The largest absolute Gasteiger partial charge is 0.465 e. The number of alkyl halides is 2. The van der Waals surface area contributed by atoms with Crippen molar-refractivity contribution in [2.45, 2.75) is 31.4 Å². The summed E-state index contributed by atoms with van der Waals surface area (Å²) >= 11 is 0. The Bertz CT molecular complexity index is 1080. The van der Waals surface area contributed by atoms with Crippen LogP contribution in [-0.4, -0.2) is 56.1 Å². The van der Waals surface area contributed by atoms with Crippen LogP contribution in [0.5, 0.6) is 0 Å². The van der Waals surface area contributed by atoms with Crippen molar-refractivity contribution in [3.05, 3.63) is 41.8 Å². The average Bonchev–Trinajstić information content (AvgIpc) is 3.17. The van der Waals surface area contributed by atoms with E-state index in [2.05, 4.69) is 10.4 Å². The normalized spacial score (nSPS) is 21.9. The second-order valence-electron chi connectivity index (χ2n) is 7.56. The number of carbonyl (C=O) groups is 2. The molecule has 3 rings (SSSR count). The van der Waals surface area contributed by atoms with Crippen LogP contribution in [0.15, 0.2) is 30.5 Å². The minimum absolute atomic E-state index is 0.0970. The number of nitrogens with one attached hydrogen (secondary N) is 1. The molecule has 0 saturated carbocycles. The molecule has 0 aliphatic carbocycles. The number of hydrogen-bond donors (Lipinski definition) is 4. The van der Waals surface area contributed by atoms with Crippen molar-refractivity contribution < 1.29 is 33.0 Å². The maximum Gasteiger partial charge on any atom is 0.411 e. The predicted octanol–water partition coefficient (Wildman–Crippen LogP) is 2.66. The number of hydrogen-bond acceptors (Lipinski definition) is 6. The van der Waals surface area contributed by atoms with Crippen molar-refractivity contribution in [2.75, 3.05) is 18.5 Å². The lowest BCUT2D eigenvalue weighted by atomic mass is 9.71. The molecule has 0 spiro atoms. The van der Waals surface area contributed by atoms with Crippen molar-refractivity contribution in [1.29, 1.82) is 5.26 Å². The lowest BCUT2D eigenvalue weighted by molar-refractivity contribution is -0.235. The quantitative estimate of drug-likeness (QED) is 0.457. The van der Waals surface area contributed by atoms with Gasteiger partial charge in [-0.2, -0.15) is 19.1 Å². The lowest BCUT2D eigenvalue weighted by Crippen LogP contribution is -2.63. The Labute approximate surface area is 186 Å². The number of aromatic nitrogens is 2. The standard InChI is InChI=1S/C20H21F3N6O4/c21-12-2-4-13(5-3-12)26-17-14(16(25)31)10-29(27-17)15-6-8-28(18(32)33)20(22,23)19(15,11-24)7-1-9-30/h2-5,10,15,30H,1,6-9H2,(H2,25,31)(H,26,27)(H,32,33)/t15-,19+/m0/s1. The summed E-state index contributed by atoms with van der Waals surface area (Å²) in [6, 6.07) is 1.15. The number of amides is 2. The molecule has 10 nitrogen and oxygen atoms in total. The van der Waals surface area contributed by atoms with E-state index >= 15 is 8.78 Å². The molecule has 13 heteroatoms. The third kappa shape index (κ3) is 4.17. The maximum absolute atomic E-state index is 15.4. The minimum Gasteiger partial charge on any atom is -0.465 e. The van der Waals surface area contributed by atoms with Crippen molar-refractivity contribution in [2.24, 2.45) is 11.1 Å². The molecule has 2 aromatic rings. The topological polar surface area (TPSA) is 157 Å². The zero-order valence-corrected chi connectivity index (χ0v) is 17.2. The van der Waals surface area contributed by atoms with Crippen LogP contribution in [0.2, 0.25) is 0 Å². The SMILES string of the molecule is N#C[C@]1(CCCO)[C@@H](n2cc(C(N)=O)c(Nc3ccc(F)cc3)n2)CCN(C(=O)O)C1(F)F. The van der Waals surface area contributed by atoms with Crippen LogP contribution >= 0.6 is 0 Å². The smallest absolute Gasteiger partial charge is 0.411 e. The lowest BCUT2D eigenvalue weighted by Gasteiger charge is -2.48. The molecular weight excluding hydrogens is 445 g/mol. The molecular formula is C20H21F3N6O4. The molecule has 0 bridgehead atoms. The van der Waals surface area contributed by atoms with Crippen molar-refractivity contribution in [1.82, 2.24) is 14.7 Å². The van der Waals surface area contributed by atoms with Gasteiger partial charge in [-0.05, 0) is 43.5 Å². The van der Waals surface area contributed by atoms with E-state index < -0.39 is 54.9 Å². The Kier molecular flexibility index (Phi) is 6.50. The molecule has 2 atom stereocenters. The number of nitrogens with two attached hydrogens (primary N) is 1. The van der Waals surface area contributed by atoms with E-state index in [1.54, 1.807) is 6.07 Å². The van der Waals surface area contributed by atoms with Gasteiger partial charge in [0.2, 0.25) is 0 Å². The van der Waals surface area contributed by atoms with E-state index in [-0.39, 0.29) is 29.1 Å². The number of halogens is 3. The van der Waals surface area contributed by atoms with Crippen LogP contribution in [0, 0.1) is 22.6 Å². The number of aliphatic hydroxyl groups excluding tert-OH is 1. The highest BCUT2D eigenvalue weighted by molar-refractivity contribution is 5.98. The number of aliphatic hydroxyl groups is 1. The van der Waals surface area contributed by atoms with E-state index in [4.69, 9.17) is 5.73 Å². The second-order valence-corrected chi connectivity index (χ2v) is 7.56. The summed E-state index contributed by atoms with van der Waals surface area (Å²) in [6.45, 7) is -1.09. The van der Waals surface area contributed by atoms with E-state index in [0.29, 0.717) is 5.69 Å². The van der Waals surface area contributed by atoms with Crippen LogP contribution in [-0.2, 0) is 0 Å². The summed E-state index contributed by atoms with van der Waals surface area (Å²) in [4.78, 5) is 23.3. The van der Waals surface area contributed by atoms with Gasteiger partial charge < -0.3 is 21.3 Å². The summed E-state index contributed by atoms with van der Waals surface area (Å²) in [5.74, 6) is -1.54. The number of likely N-dealkylation sites (tertiary alicyclic amines) is 1. The first-order valence-corrected chi connectivity index (χ1v) is 9.89. The van der Waals surface area contributed by atoms with Crippen molar-refractivity contribution in [3.63, 3.8) is 0 Å². The summed E-state index contributed by atoms with van der Waals surface area (Å²) in [7, 11) is 0. The summed E-state index contributed by atoms with van der Waals surface area (Å²) in [5, 5.41) is 35.3. The third-order valence-electron chi connectivity index (χ3n) is 5.65. The summed E-state index contributed by atoms with van der Waals surface area (Å²) in [6.07, 6.45) is -1.72. The van der Waals surface area contributed by atoms with Gasteiger partial charge >= 0.3 is 12.1 Å².